The molecule has 1 saturated heterocycles. The molecular weight excluding hydrogens is 274 g/mol. The molecule has 110 valence electrons. The van der Waals surface area contributed by atoms with Crippen LogP contribution in [0, 0.1) is 11.7 Å². The second-order valence-corrected chi connectivity index (χ2v) is 5.40. The van der Waals surface area contributed by atoms with Crippen LogP contribution in [0.3, 0.4) is 0 Å². The fraction of sp³-hybridized carbons (Fsp3) is 0.571. The number of anilines is 1. The van der Waals surface area contributed by atoms with E-state index in [1.807, 2.05) is 0 Å². The van der Waals surface area contributed by atoms with E-state index < -0.39 is 17.6 Å². The highest BCUT2D eigenvalue weighted by Crippen LogP contribution is 2.40. The van der Waals surface area contributed by atoms with E-state index in [2.05, 4.69) is 5.32 Å². The highest BCUT2D eigenvalue weighted by molar-refractivity contribution is 5.48. The molecule has 0 radical (unpaired) electrons. The number of benzene rings is 1. The molecular formula is C14H15F4NO. The Balaban J connectivity index is 1.74. The lowest BCUT2D eigenvalue weighted by Crippen LogP contribution is -2.31. The molecule has 1 saturated carbocycles. The van der Waals surface area contributed by atoms with Crippen LogP contribution in [0.5, 0.6) is 0 Å². The lowest BCUT2D eigenvalue weighted by Gasteiger charge is -2.21. The summed E-state index contributed by atoms with van der Waals surface area (Å²) < 4.78 is 56.8. The van der Waals surface area contributed by atoms with Crippen LogP contribution in [0.4, 0.5) is 23.2 Å². The third-order valence-corrected chi connectivity index (χ3v) is 3.86. The first-order valence-corrected chi connectivity index (χ1v) is 6.70. The lowest BCUT2D eigenvalue weighted by atomic mass is 10.1. The molecule has 2 fully saturated rings. The van der Waals surface area contributed by atoms with Gasteiger partial charge < -0.3 is 10.1 Å². The van der Waals surface area contributed by atoms with Gasteiger partial charge in [-0.2, -0.15) is 13.2 Å². The van der Waals surface area contributed by atoms with Crippen molar-refractivity contribution >= 4 is 5.69 Å². The average molecular weight is 289 g/mol. The zero-order valence-electron chi connectivity index (χ0n) is 10.7. The van der Waals surface area contributed by atoms with Crippen LogP contribution in [0.1, 0.15) is 24.8 Å². The van der Waals surface area contributed by atoms with Crippen molar-refractivity contribution < 1.29 is 22.3 Å². The molecule has 2 nitrogen and oxygen atoms in total. The van der Waals surface area contributed by atoms with E-state index in [-0.39, 0.29) is 17.8 Å². The van der Waals surface area contributed by atoms with E-state index in [0.717, 1.165) is 31.4 Å². The fourth-order valence-corrected chi connectivity index (χ4v) is 2.66. The van der Waals surface area contributed by atoms with Gasteiger partial charge in [0.25, 0.3) is 0 Å². The second-order valence-electron chi connectivity index (χ2n) is 5.40. The van der Waals surface area contributed by atoms with Crippen LogP contribution in [0.25, 0.3) is 0 Å². The molecule has 2 unspecified atom stereocenters. The molecule has 0 amide bonds. The molecule has 1 N–H and O–H groups in total. The molecule has 0 bridgehead atoms. The Labute approximate surface area is 114 Å². The van der Waals surface area contributed by atoms with Crippen LogP contribution in [-0.4, -0.2) is 18.8 Å². The van der Waals surface area contributed by atoms with Crippen LogP contribution in [0.15, 0.2) is 18.2 Å². The normalized spacial score (nSPS) is 26.8. The maximum atomic E-state index is 13.8. The summed E-state index contributed by atoms with van der Waals surface area (Å²) in [6, 6.07) is 2.56. The van der Waals surface area contributed by atoms with Crippen molar-refractivity contribution in [3.05, 3.63) is 29.6 Å². The van der Waals surface area contributed by atoms with Crippen LogP contribution >= 0.6 is 0 Å². The average Bonchev–Trinajstić information content (AvgIpc) is 3.11. The van der Waals surface area contributed by atoms with Gasteiger partial charge in [-0.3, -0.25) is 0 Å². The van der Waals surface area contributed by atoms with Gasteiger partial charge in [0.2, 0.25) is 0 Å². The Bertz CT molecular complexity index is 498. The predicted molar refractivity (Wildman–Crippen MR) is 65.9 cm³/mol. The molecule has 2 atom stereocenters. The summed E-state index contributed by atoms with van der Waals surface area (Å²) in [5.74, 6) is -0.367. The summed E-state index contributed by atoms with van der Waals surface area (Å²) in [6.07, 6.45) is -1.50. The highest BCUT2D eigenvalue weighted by atomic mass is 19.4. The van der Waals surface area contributed by atoms with Gasteiger partial charge in [0, 0.05) is 6.61 Å². The van der Waals surface area contributed by atoms with E-state index in [9.17, 15) is 17.6 Å². The Morgan fingerprint density at radius 1 is 1.15 bits per heavy atom. The lowest BCUT2D eigenvalue weighted by molar-refractivity contribution is -0.137. The standard InChI is InChI=1S/C14H15F4NO/c15-10-7-9(14(16,17)18)3-4-11(10)19-12-5-6-20-13(12)8-1-2-8/h3-4,7-8,12-13,19H,1-2,5-6H2. The van der Waals surface area contributed by atoms with Gasteiger partial charge in [0.1, 0.15) is 5.82 Å². The minimum absolute atomic E-state index is 0.0197. The predicted octanol–water partition coefficient (Wildman–Crippen LogP) is 3.82. The minimum Gasteiger partial charge on any atom is -0.377 e. The number of alkyl halides is 3. The molecule has 6 heteroatoms. The molecule has 20 heavy (non-hydrogen) atoms. The Morgan fingerprint density at radius 3 is 2.50 bits per heavy atom. The van der Waals surface area contributed by atoms with E-state index in [0.29, 0.717) is 18.6 Å². The Hall–Kier alpha value is -1.30. The van der Waals surface area contributed by atoms with E-state index in [4.69, 9.17) is 4.74 Å². The number of nitrogens with one attached hydrogen (secondary N) is 1. The summed E-state index contributed by atoms with van der Waals surface area (Å²) >= 11 is 0. The van der Waals surface area contributed by atoms with Crippen LogP contribution < -0.4 is 5.32 Å². The first kappa shape index (κ1) is 13.7. The van der Waals surface area contributed by atoms with Gasteiger partial charge in [-0.15, -0.1) is 0 Å². The van der Waals surface area contributed by atoms with E-state index in [1.54, 1.807) is 0 Å². The highest BCUT2D eigenvalue weighted by Gasteiger charge is 2.41. The molecule has 1 aromatic carbocycles. The first-order valence-electron chi connectivity index (χ1n) is 6.70. The smallest absolute Gasteiger partial charge is 0.377 e. The topological polar surface area (TPSA) is 21.3 Å². The van der Waals surface area contributed by atoms with Crippen molar-refractivity contribution in [3.8, 4) is 0 Å². The zero-order chi connectivity index (χ0) is 14.3. The SMILES string of the molecule is Fc1cc(C(F)(F)F)ccc1NC1CCOC1C1CC1. The van der Waals surface area contributed by atoms with Gasteiger partial charge in [-0.1, -0.05) is 0 Å². The first-order chi connectivity index (χ1) is 9.45. The van der Waals surface area contributed by atoms with Crippen molar-refractivity contribution in [2.24, 2.45) is 5.92 Å². The van der Waals surface area contributed by atoms with Crippen molar-refractivity contribution in [1.29, 1.82) is 0 Å². The van der Waals surface area contributed by atoms with Crippen molar-refractivity contribution in [2.75, 3.05) is 11.9 Å². The summed E-state index contributed by atoms with van der Waals surface area (Å²) in [7, 11) is 0. The van der Waals surface area contributed by atoms with Gasteiger partial charge in [-0.05, 0) is 43.4 Å². The van der Waals surface area contributed by atoms with E-state index >= 15 is 0 Å². The fourth-order valence-electron chi connectivity index (χ4n) is 2.66. The van der Waals surface area contributed by atoms with Gasteiger partial charge in [0.05, 0.1) is 23.4 Å². The molecule has 1 heterocycles. The second kappa shape index (κ2) is 4.91. The summed E-state index contributed by atoms with van der Waals surface area (Å²) in [5.41, 5.74) is -0.860. The zero-order valence-corrected chi connectivity index (χ0v) is 10.7. The number of halogens is 4. The molecule has 2 aliphatic rings. The molecule has 1 aliphatic carbocycles. The van der Waals surface area contributed by atoms with Crippen molar-refractivity contribution in [2.45, 2.75) is 37.6 Å². The monoisotopic (exact) mass is 289 g/mol. The summed E-state index contributed by atoms with van der Waals surface area (Å²) in [6.45, 7) is 0.612. The number of ether oxygens (including phenoxy) is 1. The minimum atomic E-state index is -4.52. The number of rotatable bonds is 3. The quantitative estimate of drug-likeness (QED) is 0.854. The number of hydrogen-bond donors (Lipinski definition) is 1. The number of hydrogen-bond acceptors (Lipinski definition) is 2. The molecule has 1 aromatic rings. The molecule has 3 rings (SSSR count). The van der Waals surface area contributed by atoms with Crippen molar-refractivity contribution in [3.63, 3.8) is 0 Å². The maximum Gasteiger partial charge on any atom is 0.416 e. The van der Waals surface area contributed by atoms with Gasteiger partial charge >= 0.3 is 6.18 Å². The molecule has 0 aromatic heterocycles. The van der Waals surface area contributed by atoms with Crippen LogP contribution in [-0.2, 0) is 10.9 Å². The third-order valence-electron chi connectivity index (χ3n) is 3.86. The van der Waals surface area contributed by atoms with Crippen LogP contribution in [0.2, 0.25) is 0 Å². The Kier molecular flexibility index (Phi) is 3.36. The molecule has 1 aliphatic heterocycles. The Morgan fingerprint density at radius 2 is 1.90 bits per heavy atom. The third kappa shape index (κ3) is 2.75. The van der Waals surface area contributed by atoms with E-state index in [1.165, 1.54) is 0 Å². The maximum absolute atomic E-state index is 13.8. The molecule has 0 spiro atoms. The summed E-state index contributed by atoms with van der Waals surface area (Å²) in [4.78, 5) is 0. The van der Waals surface area contributed by atoms with Crippen molar-refractivity contribution in [1.82, 2.24) is 0 Å². The van der Waals surface area contributed by atoms with Gasteiger partial charge in [0.15, 0.2) is 0 Å². The van der Waals surface area contributed by atoms with Gasteiger partial charge in [-0.25, -0.2) is 4.39 Å². The summed E-state index contributed by atoms with van der Waals surface area (Å²) in [5, 5.41) is 2.99. The largest absolute Gasteiger partial charge is 0.416 e.